The summed E-state index contributed by atoms with van der Waals surface area (Å²) >= 11 is 0. The monoisotopic (exact) mass is 252 g/mol. The van der Waals surface area contributed by atoms with Crippen molar-refractivity contribution >= 4 is 16.2 Å². The van der Waals surface area contributed by atoms with Gasteiger partial charge < -0.3 is 5.11 Å². The second kappa shape index (κ2) is 5.60. The Labute approximate surface area is 96.8 Å². The fraction of sp³-hybridized carbons (Fsp3) is 0.889. The normalized spacial score (nSPS) is 13.1. The van der Waals surface area contributed by atoms with Gasteiger partial charge >= 0.3 is 5.97 Å². The second-order valence-corrected chi connectivity index (χ2v) is 5.99. The lowest BCUT2D eigenvalue weighted by molar-refractivity contribution is -0.142. The smallest absolute Gasteiger partial charge is 0.324 e. The van der Waals surface area contributed by atoms with Gasteiger partial charge in [-0.05, 0) is 20.3 Å². The van der Waals surface area contributed by atoms with Gasteiger partial charge in [-0.3, -0.25) is 4.79 Å². The molecule has 96 valence electrons. The highest BCUT2D eigenvalue weighted by molar-refractivity contribution is 7.87. The molecule has 0 saturated heterocycles. The van der Waals surface area contributed by atoms with Gasteiger partial charge in [0.1, 0.15) is 5.54 Å². The first-order chi connectivity index (χ1) is 7.13. The van der Waals surface area contributed by atoms with Crippen LogP contribution >= 0.6 is 0 Å². The molecule has 0 spiro atoms. The number of aliphatic carboxylic acids is 1. The Hall–Kier alpha value is -0.660. The highest BCUT2D eigenvalue weighted by atomic mass is 32.2. The van der Waals surface area contributed by atoms with Crippen LogP contribution < -0.4 is 4.72 Å². The van der Waals surface area contributed by atoms with Crippen LogP contribution in [0.1, 0.15) is 33.6 Å². The molecule has 6 nitrogen and oxygen atoms in total. The first-order valence-electron chi connectivity index (χ1n) is 5.12. The summed E-state index contributed by atoms with van der Waals surface area (Å²) in [5.74, 6) is -1.21. The van der Waals surface area contributed by atoms with Gasteiger partial charge in [0, 0.05) is 13.6 Å². The average Bonchev–Trinajstić information content (AvgIpc) is 2.12. The minimum absolute atomic E-state index is 0.377. The molecule has 0 aliphatic heterocycles. The molecule has 2 N–H and O–H groups in total. The van der Waals surface area contributed by atoms with E-state index in [9.17, 15) is 13.2 Å². The summed E-state index contributed by atoms with van der Waals surface area (Å²) in [6, 6.07) is 0. The van der Waals surface area contributed by atoms with E-state index < -0.39 is 21.7 Å². The van der Waals surface area contributed by atoms with Crippen molar-refractivity contribution in [1.29, 1.82) is 0 Å². The number of unbranched alkanes of at least 4 members (excludes halogenated alkanes) is 1. The number of hydrogen-bond acceptors (Lipinski definition) is 3. The molecule has 0 aliphatic carbocycles. The molecule has 0 aromatic rings. The SMILES string of the molecule is CCCCN(C)S(=O)(=O)NC(C)(C)C(=O)O. The van der Waals surface area contributed by atoms with Crippen LogP contribution in [0.5, 0.6) is 0 Å². The summed E-state index contributed by atoms with van der Waals surface area (Å²) in [6.45, 7) is 4.94. The summed E-state index contributed by atoms with van der Waals surface area (Å²) in [5, 5.41) is 8.82. The maximum atomic E-state index is 11.7. The van der Waals surface area contributed by atoms with E-state index in [-0.39, 0.29) is 0 Å². The third-order valence-electron chi connectivity index (χ3n) is 2.16. The molecular weight excluding hydrogens is 232 g/mol. The lowest BCUT2D eigenvalue weighted by Crippen LogP contribution is -2.53. The highest BCUT2D eigenvalue weighted by Crippen LogP contribution is 2.07. The largest absolute Gasteiger partial charge is 0.480 e. The van der Waals surface area contributed by atoms with Crippen LogP contribution in [-0.2, 0) is 15.0 Å². The van der Waals surface area contributed by atoms with Gasteiger partial charge in [0.25, 0.3) is 10.2 Å². The topological polar surface area (TPSA) is 86.7 Å². The number of carbonyl (C=O) groups is 1. The molecule has 0 atom stereocenters. The van der Waals surface area contributed by atoms with Crippen LogP contribution in [0.25, 0.3) is 0 Å². The maximum absolute atomic E-state index is 11.7. The molecule has 16 heavy (non-hydrogen) atoms. The van der Waals surface area contributed by atoms with E-state index in [0.29, 0.717) is 6.54 Å². The third-order valence-corrected chi connectivity index (χ3v) is 3.93. The van der Waals surface area contributed by atoms with Crippen LogP contribution in [-0.4, -0.2) is 42.9 Å². The van der Waals surface area contributed by atoms with E-state index in [0.717, 1.165) is 17.1 Å². The predicted octanol–water partition coefficient (Wildman–Crippen LogP) is 0.416. The molecule has 0 radical (unpaired) electrons. The number of carboxylic acids is 1. The summed E-state index contributed by atoms with van der Waals surface area (Å²) in [4.78, 5) is 10.8. The quantitative estimate of drug-likeness (QED) is 0.687. The van der Waals surface area contributed by atoms with Crippen LogP contribution in [0, 0.1) is 0 Å². The van der Waals surface area contributed by atoms with Crippen molar-refractivity contribution in [2.24, 2.45) is 0 Å². The Morgan fingerprint density at radius 3 is 2.31 bits per heavy atom. The number of rotatable bonds is 7. The lowest BCUT2D eigenvalue weighted by atomic mass is 10.1. The molecular formula is C9H20N2O4S. The molecule has 0 amide bonds. The van der Waals surface area contributed by atoms with Crippen molar-refractivity contribution < 1.29 is 18.3 Å². The summed E-state index contributed by atoms with van der Waals surface area (Å²) < 4.78 is 26.7. The van der Waals surface area contributed by atoms with E-state index in [1.54, 1.807) is 0 Å². The van der Waals surface area contributed by atoms with Crippen molar-refractivity contribution in [2.45, 2.75) is 39.2 Å². The minimum atomic E-state index is -3.73. The standard InChI is InChI=1S/C9H20N2O4S/c1-5-6-7-11(4)16(14,15)10-9(2,3)8(12)13/h10H,5-7H2,1-4H3,(H,12,13). The van der Waals surface area contributed by atoms with Gasteiger partial charge in [-0.2, -0.15) is 17.4 Å². The van der Waals surface area contributed by atoms with Gasteiger partial charge in [-0.1, -0.05) is 13.3 Å². The van der Waals surface area contributed by atoms with Crippen LogP contribution in [0.4, 0.5) is 0 Å². The fourth-order valence-electron chi connectivity index (χ4n) is 0.945. The Kier molecular flexibility index (Phi) is 5.37. The zero-order valence-corrected chi connectivity index (χ0v) is 11.0. The Balaban J connectivity index is 4.63. The van der Waals surface area contributed by atoms with Crippen LogP contribution in [0.15, 0.2) is 0 Å². The number of nitrogens with zero attached hydrogens (tertiary/aromatic N) is 1. The predicted molar refractivity (Wildman–Crippen MR) is 61.3 cm³/mol. The molecule has 0 aromatic carbocycles. The maximum Gasteiger partial charge on any atom is 0.324 e. The first kappa shape index (κ1) is 15.3. The van der Waals surface area contributed by atoms with Gasteiger partial charge in [0.15, 0.2) is 0 Å². The molecule has 0 fully saturated rings. The van der Waals surface area contributed by atoms with Crippen molar-refractivity contribution in [3.8, 4) is 0 Å². The van der Waals surface area contributed by atoms with Gasteiger partial charge in [-0.15, -0.1) is 0 Å². The molecule has 0 rings (SSSR count). The van der Waals surface area contributed by atoms with E-state index in [2.05, 4.69) is 4.72 Å². The number of nitrogens with one attached hydrogen (secondary N) is 1. The summed E-state index contributed by atoms with van der Waals surface area (Å²) in [5.41, 5.74) is -1.50. The minimum Gasteiger partial charge on any atom is -0.480 e. The fourth-order valence-corrected chi connectivity index (χ4v) is 2.20. The zero-order chi connectivity index (χ0) is 13.0. The molecule has 0 bridgehead atoms. The Morgan fingerprint density at radius 2 is 1.94 bits per heavy atom. The molecule has 0 aromatic heterocycles. The number of hydrogen-bond donors (Lipinski definition) is 2. The van der Waals surface area contributed by atoms with E-state index in [1.807, 2.05) is 6.92 Å². The first-order valence-corrected chi connectivity index (χ1v) is 6.56. The highest BCUT2D eigenvalue weighted by Gasteiger charge is 2.33. The zero-order valence-electron chi connectivity index (χ0n) is 10.1. The van der Waals surface area contributed by atoms with E-state index >= 15 is 0 Å². The van der Waals surface area contributed by atoms with Crippen molar-refractivity contribution in [3.05, 3.63) is 0 Å². The third kappa shape index (κ3) is 4.46. The van der Waals surface area contributed by atoms with Gasteiger partial charge in [0.05, 0.1) is 0 Å². The van der Waals surface area contributed by atoms with E-state index in [1.165, 1.54) is 20.9 Å². The summed E-state index contributed by atoms with van der Waals surface area (Å²) in [7, 11) is -2.31. The van der Waals surface area contributed by atoms with Crippen LogP contribution in [0.2, 0.25) is 0 Å². The van der Waals surface area contributed by atoms with Crippen molar-refractivity contribution in [2.75, 3.05) is 13.6 Å². The second-order valence-electron chi connectivity index (χ2n) is 4.21. The molecule has 0 aliphatic rings. The van der Waals surface area contributed by atoms with Crippen molar-refractivity contribution in [3.63, 3.8) is 0 Å². The molecule has 0 saturated carbocycles. The van der Waals surface area contributed by atoms with Gasteiger partial charge in [0.2, 0.25) is 0 Å². The van der Waals surface area contributed by atoms with Crippen molar-refractivity contribution in [1.82, 2.24) is 9.03 Å². The Bertz CT molecular complexity index is 337. The lowest BCUT2D eigenvalue weighted by Gasteiger charge is -2.25. The van der Waals surface area contributed by atoms with Gasteiger partial charge in [-0.25, -0.2) is 0 Å². The van der Waals surface area contributed by atoms with Crippen LogP contribution in [0.3, 0.4) is 0 Å². The number of carboxylic acid groups (broad SMARTS) is 1. The molecule has 7 heteroatoms. The average molecular weight is 252 g/mol. The van der Waals surface area contributed by atoms with E-state index in [4.69, 9.17) is 5.11 Å². The molecule has 0 heterocycles. The molecule has 0 unspecified atom stereocenters. The Morgan fingerprint density at radius 1 is 1.44 bits per heavy atom. The summed E-state index contributed by atoms with van der Waals surface area (Å²) in [6.07, 6.45) is 1.62.